The van der Waals surface area contributed by atoms with Gasteiger partial charge in [-0.15, -0.1) is 0 Å². The molecule has 5 nitrogen and oxygen atoms in total. The summed E-state index contributed by atoms with van der Waals surface area (Å²) >= 11 is 0. The van der Waals surface area contributed by atoms with Crippen LogP contribution in [0.4, 0.5) is 8.78 Å². The number of hydrogen-bond donors (Lipinski definition) is 1. The molecule has 0 spiro atoms. The second-order valence-electron chi connectivity index (χ2n) is 6.37. The first kappa shape index (κ1) is 19.0. The predicted octanol–water partition coefficient (Wildman–Crippen LogP) is 3.20. The summed E-state index contributed by atoms with van der Waals surface area (Å²) < 4.78 is 32.1. The van der Waals surface area contributed by atoms with E-state index >= 15 is 0 Å². The number of nitrogens with zero attached hydrogens (tertiary/aromatic N) is 1. The molecule has 27 heavy (non-hydrogen) atoms. The molecule has 1 aliphatic heterocycles. The number of ether oxygens (including phenoxy) is 1. The number of amides is 1. The number of carbonyl (C=O) groups is 2. The number of carboxylic acids is 1. The normalized spacial score (nSPS) is 17.0. The van der Waals surface area contributed by atoms with Crippen molar-refractivity contribution in [2.24, 2.45) is 0 Å². The van der Waals surface area contributed by atoms with Crippen LogP contribution in [0.5, 0.6) is 0 Å². The van der Waals surface area contributed by atoms with Crippen LogP contribution in [-0.2, 0) is 16.0 Å². The summed E-state index contributed by atoms with van der Waals surface area (Å²) in [6.45, 7) is 1.04. The van der Waals surface area contributed by atoms with Gasteiger partial charge in [0.15, 0.2) is 11.6 Å². The zero-order chi connectivity index (χ0) is 19.4. The second-order valence-corrected chi connectivity index (χ2v) is 6.37. The van der Waals surface area contributed by atoms with Crippen LogP contribution in [0.25, 0.3) is 0 Å². The second kappa shape index (κ2) is 8.26. The van der Waals surface area contributed by atoms with Gasteiger partial charge in [-0.3, -0.25) is 4.79 Å². The molecule has 7 heteroatoms. The van der Waals surface area contributed by atoms with Crippen LogP contribution in [0.1, 0.15) is 34.0 Å². The minimum atomic E-state index is -0.991. The maximum absolute atomic E-state index is 13.4. The summed E-state index contributed by atoms with van der Waals surface area (Å²) in [5.74, 6) is -2.91. The van der Waals surface area contributed by atoms with Crippen LogP contribution in [0.2, 0.25) is 0 Å². The minimum Gasteiger partial charge on any atom is -0.478 e. The van der Waals surface area contributed by atoms with Gasteiger partial charge in [-0.05, 0) is 41.8 Å². The molecule has 1 fully saturated rings. The van der Waals surface area contributed by atoms with Gasteiger partial charge >= 0.3 is 5.97 Å². The van der Waals surface area contributed by atoms with Gasteiger partial charge in [0.1, 0.15) is 6.10 Å². The number of halogens is 2. The van der Waals surface area contributed by atoms with E-state index in [1.165, 1.54) is 18.2 Å². The quantitative estimate of drug-likeness (QED) is 0.872. The number of rotatable bonds is 5. The van der Waals surface area contributed by atoms with Crippen molar-refractivity contribution in [2.45, 2.75) is 18.9 Å². The summed E-state index contributed by atoms with van der Waals surface area (Å²) in [6, 6.07) is 10.0. The first-order valence-corrected chi connectivity index (χ1v) is 8.60. The molecular formula is C20H19F2NO4. The predicted molar refractivity (Wildman–Crippen MR) is 93.4 cm³/mol. The standard InChI is InChI=1S/C20H19F2NO4/c21-16-7-6-15(11-17(16)22)18-12-23(9-10-27-18)19(24)8-3-13-1-4-14(5-2-13)20(25)26/h1-2,4-7,11,18H,3,8-10,12H2,(H,25,26)/t18-/m0/s1. The van der Waals surface area contributed by atoms with E-state index in [-0.39, 0.29) is 24.4 Å². The number of morpholine rings is 1. The van der Waals surface area contributed by atoms with Gasteiger partial charge in [0, 0.05) is 13.0 Å². The molecule has 2 aromatic rings. The van der Waals surface area contributed by atoms with Gasteiger partial charge in [-0.2, -0.15) is 0 Å². The number of aromatic carboxylic acids is 1. The van der Waals surface area contributed by atoms with Crippen LogP contribution < -0.4 is 0 Å². The Morgan fingerprint density at radius 3 is 2.52 bits per heavy atom. The van der Waals surface area contributed by atoms with Crippen molar-refractivity contribution in [3.8, 4) is 0 Å². The molecule has 3 rings (SSSR count). The summed E-state index contributed by atoms with van der Waals surface area (Å²) in [5.41, 5.74) is 1.57. The van der Waals surface area contributed by atoms with Crippen molar-refractivity contribution in [3.63, 3.8) is 0 Å². The van der Waals surface area contributed by atoms with Crippen molar-refractivity contribution < 1.29 is 28.2 Å². The number of carboxylic acid groups (broad SMARTS) is 1. The zero-order valence-corrected chi connectivity index (χ0v) is 14.5. The lowest BCUT2D eigenvalue weighted by Gasteiger charge is -2.33. The van der Waals surface area contributed by atoms with Crippen molar-refractivity contribution in [1.29, 1.82) is 0 Å². The Balaban J connectivity index is 1.57. The average molecular weight is 375 g/mol. The third-order valence-electron chi connectivity index (χ3n) is 4.56. The van der Waals surface area contributed by atoms with Crippen LogP contribution in [0.15, 0.2) is 42.5 Å². The monoisotopic (exact) mass is 375 g/mol. The summed E-state index contributed by atoms with van der Waals surface area (Å²) in [4.78, 5) is 25.0. The molecule has 0 unspecified atom stereocenters. The highest BCUT2D eigenvalue weighted by Gasteiger charge is 2.25. The van der Waals surface area contributed by atoms with E-state index in [9.17, 15) is 18.4 Å². The SMILES string of the molecule is O=C(O)c1ccc(CCC(=O)N2CCO[C@H](c3ccc(F)c(F)c3)C2)cc1. The smallest absolute Gasteiger partial charge is 0.335 e. The topological polar surface area (TPSA) is 66.8 Å². The fourth-order valence-electron chi connectivity index (χ4n) is 3.01. The van der Waals surface area contributed by atoms with Gasteiger partial charge < -0.3 is 14.7 Å². The first-order valence-electron chi connectivity index (χ1n) is 8.60. The van der Waals surface area contributed by atoms with Crippen LogP contribution in [-0.4, -0.2) is 41.6 Å². The molecule has 142 valence electrons. The maximum Gasteiger partial charge on any atom is 0.335 e. The molecule has 2 aromatic carbocycles. The Bertz CT molecular complexity index is 838. The van der Waals surface area contributed by atoms with Gasteiger partial charge in [-0.25, -0.2) is 13.6 Å². The van der Waals surface area contributed by atoms with Crippen LogP contribution in [0, 0.1) is 11.6 Å². The Hall–Kier alpha value is -2.80. The maximum atomic E-state index is 13.4. The van der Waals surface area contributed by atoms with Crippen molar-refractivity contribution in [3.05, 3.63) is 70.8 Å². The van der Waals surface area contributed by atoms with Gasteiger partial charge in [0.25, 0.3) is 0 Å². The molecule has 1 heterocycles. The van der Waals surface area contributed by atoms with E-state index in [1.807, 2.05) is 0 Å². The van der Waals surface area contributed by atoms with E-state index in [0.29, 0.717) is 25.1 Å². The summed E-state index contributed by atoms with van der Waals surface area (Å²) in [5, 5.41) is 8.90. The minimum absolute atomic E-state index is 0.0619. The first-order chi connectivity index (χ1) is 12.9. The fraction of sp³-hybridized carbons (Fsp3) is 0.300. The Morgan fingerprint density at radius 2 is 1.85 bits per heavy atom. The van der Waals surface area contributed by atoms with Crippen molar-refractivity contribution in [1.82, 2.24) is 4.90 Å². The molecule has 1 aliphatic rings. The molecule has 0 aromatic heterocycles. The molecule has 1 saturated heterocycles. The Labute approximate surface area is 155 Å². The Kier molecular flexibility index (Phi) is 5.81. The lowest BCUT2D eigenvalue weighted by Crippen LogP contribution is -2.42. The van der Waals surface area contributed by atoms with Gasteiger partial charge in [0.05, 0.1) is 18.7 Å². The third-order valence-corrected chi connectivity index (χ3v) is 4.56. The van der Waals surface area contributed by atoms with Gasteiger partial charge in [0.2, 0.25) is 5.91 Å². The van der Waals surface area contributed by atoms with Gasteiger partial charge in [-0.1, -0.05) is 18.2 Å². The van der Waals surface area contributed by atoms with E-state index in [0.717, 1.165) is 17.7 Å². The number of carbonyl (C=O) groups excluding carboxylic acids is 1. The molecule has 0 bridgehead atoms. The summed E-state index contributed by atoms with van der Waals surface area (Å²) in [6.07, 6.45) is 0.274. The van der Waals surface area contributed by atoms with E-state index in [4.69, 9.17) is 9.84 Å². The average Bonchev–Trinajstić information content (AvgIpc) is 2.68. The van der Waals surface area contributed by atoms with E-state index in [2.05, 4.69) is 0 Å². The van der Waals surface area contributed by atoms with Crippen molar-refractivity contribution in [2.75, 3.05) is 19.7 Å². The van der Waals surface area contributed by atoms with E-state index in [1.54, 1.807) is 17.0 Å². The number of benzene rings is 2. The molecule has 0 radical (unpaired) electrons. The lowest BCUT2D eigenvalue weighted by molar-refractivity contribution is -0.139. The summed E-state index contributed by atoms with van der Waals surface area (Å²) in [7, 11) is 0. The molecule has 0 saturated carbocycles. The molecule has 1 atom stereocenters. The van der Waals surface area contributed by atoms with Crippen molar-refractivity contribution >= 4 is 11.9 Å². The third kappa shape index (κ3) is 4.68. The fourth-order valence-corrected chi connectivity index (χ4v) is 3.01. The molecule has 1 amide bonds. The lowest BCUT2D eigenvalue weighted by atomic mass is 10.1. The number of hydrogen-bond acceptors (Lipinski definition) is 3. The highest BCUT2D eigenvalue weighted by molar-refractivity contribution is 5.87. The highest BCUT2D eigenvalue weighted by atomic mass is 19.2. The van der Waals surface area contributed by atoms with Crippen LogP contribution >= 0.6 is 0 Å². The zero-order valence-electron chi connectivity index (χ0n) is 14.5. The van der Waals surface area contributed by atoms with Crippen LogP contribution in [0.3, 0.4) is 0 Å². The highest BCUT2D eigenvalue weighted by Crippen LogP contribution is 2.24. The molecule has 0 aliphatic carbocycles. The molecular weight excluding hydrogens is 356 g/mol. The molecule has 1 N–H and O–H groups in total. The number of aryl methyl sites for hydroxylation is 1. The Morgan fingerprint density at radius 1 is 1.11 bits per heavy atom. The largest absolute Gasteiger partial charge is 0.478 e. The van der Waals surface area contributed by atoms with E-state index < -0.39 is 23.7 Å².